The number of hydrogen-bond acceptors (Lipinski definition) is 7. The first-order valence-electron chi connectivity index (χ1n) is 12.2. The molecule has 0 spiro atoms. The number of nitrogens with zero attached hydrogens (tertiary/aromatic N) is 2. The summed E-state index contributed by atoms with van der Waals surface area (Å²) >= 11 is 5.92. The molecule has 3 unspecified atom stereocenters. The Bertz CT molecular complexity index is 1040. The number of carbonyl (C=O) groups is 2. The van der Waals surface area contributed by atoms with Gasteiger partial charge in [-0.25, -0.2) is 4.79 Å². The van der Waals surface area contributed by atoms with E-state index in [1.165, 1.54) is 6.92 Å². The van der Waals surface area contributed by atoms with Gasteiger partial charge in [-0.15, -0.1) is 0 Å². The summed E-state index contributed by atoms with van der Waals surface area (Å²) in [4.78, 5) is 27.8. The average molecular weight is 518 g/mol. The van der Waals surface area contributed by atoms with Crippen LogP contribution in [0.5, 0.6) is 11.5 Å². The quantitative estimate of drug-likeness (QED) is 0.522. The van der Waals surface area contributed by atoms with Crippen LogP contribution in [-0.2, 0) is 9.53 Å². The number of aliphatic hydroxyl groups excluding tert-OH is 1. The molecule has 2 heterocycles. The summed E-state index contributed by atoms with van der Waals surface area (Å²) < 4.78 is 17.3. The van der Waals surface area contributed by atoms with Gasteiger partial charge in [0.15, 0.2) is 6.23 Å². The van der Waals surface area contributed by atoms with Crippen LogP contribution < -0.4 is 14.8 Å². The van der Waals surface area contributed by atoms with Crippen LogP contribution in [-0.4, -0.2) is 78.1 Å². The number of amides is 2. The Morgan fingerprint density at radius 1 is 1.14 bits per heavy atom. The number of aliphatic hydroxyl groups is 1. The molecule has 0 saturated carbocycles. The average Bonchev–Trinajstić information content (AvgIpc) is 3.49. The Labute approximate surface area is 215 Å². The number of halogens is 1. The number of ether oxygens (including phenoxy) is 3. The minimum absolute atomic E-state index is 0.0500. The van der Waals surface area contributed by atoms with Gasteiger partial charge in [-0.2, -0.15) is 0 Å². The molecule has 194 valence electrons. The molecule has 2 fully saturated rings. The van der Waals surface area contributed by atoms with E-state index < -0.39 is 18.4 Å². The number of para-hydroxylation sites is 2. The van der Waals surface area contributed by atoms with E-state index in [9.17, 15) is 14.7 Å². The van der Waals surface area contributed by atoms with Gasteiger partial charge in [-0.3, -0.25) is 15.0 Å². The number of carbonyl (C=O) groups excluding carboxylic acids is 2. The second-order valence-electron chi connectivity index (χ2n) is 9.04. The SMILES string of the molecule is CC(=O)N1CCCC1OC(=O)Nc1ccccc1OCC(O)CN1CCC(Oc2ccc(Cl)cc2)C1. The predicted molar refractivity (Wildman–Crippen MR) is 135 cm³/mol. The van der Waals surface area contributed by atoms with Gasteiger partial charge >= 0.3 is 6.09 Å². The molecular weight excluding hydrogens is 486 g/mol. The lowest BCUT2D eigenvalue weighted by Crippen LogP contribution is -2.38. The van der Waals surface area contributed by atoms with Crippen molar-refractivity contribution in [1.29, 1.82) is 0 Å². The van der Waals surface area contributed by atoms with Crippen LogP contribution >= 0.6 is 11.6 Å². The van der Waals surface area contributed by atoms with E-state index in [1.807, 2.05) is 12.1 Å². The molecule has 2 aliphatic heterocycles. The summed E-state index contributed by atoms with van der Waals surface area (Å²) in [6.45, 7) is 4.08. The molecule has 2 amide bonds. The fourth-order valence-corrected chi connectivity index (χ4v) is 4.61. The fraction of sp³-hybridized carbons (Fsp3) is 0.462. The summed E-state index contributed by atoms with van der Waals surface area (Å²) in [7, 11) is 0. The summed E-state index contributed by atoms with van der Waals surface area (Å²) in [5.41, 5.74) is 0.430. The highest BCUT2D eigenvalue weighted by Gasteiger charge is 2.30. The molecule has 4 rings (SSSR count). The van der Waals surface area contributed by atoms with Crippen molar-refractivity contribution in [3.05, 3.63) is 53.6 Å². The molecule has 9 nitrogen and oxygen atoms in total. The highest BCUT2D eigenvalue weighted by atomic mass is 35.5. The summed E-state index contributed by atoms with van der Waals surface area (Å²) in [5, 5.41) is 13.9. The Kier molecular flexibility index (Phi) is 8.90. The van der Waals surface area contributed by atoms with Crippen LogP contribution in [0.2, 0.25) is 5.02 Å². The fourth-order valence-electron chi connectivity index (χ4n) is 4.48. The maximum atomic E-state index is 12.4. The lowest BCUT2D eigenvalue weighted by molar-refractivity contribution is -0.135. The van der Waals surface area contributed by atoms with E-state index in [2.05, 4.69) is 10.2 Å². The smallest absolute Gasteiger partial charge is 0.413 e. The molecule has 0 bridgehead atoms. The first-order chi connectivity index (χ1) is 17.4. The zero-order chi connectivity index (χ0) is 25.5. The van der Waals surface area contributed by atoms with Gasteiger partial charge in [0.25, 0.3) is 0 Å². The van der Waals surface area contributed by atoms with Crippen molar-refractivity contribution in [3.8, 4) is 11.5 Å². The number of rotatable bonds is 9. The van der Waals surface area contributed by atoms with Crippen molar-refractivity contribution < 1.29 is 28.9 Å². The van der Waals surface area contributed by atoms with Crippen molar-refractivity contribution in [3.63, 3.8) is 0 Å². The number of benzene rings is 2. The van der Waals surface area contributed by atoms with Gasteiger partial charge < -0.3 is 24.2 Å². The molecule has 0 aromatic heterocycles. The summed E-state index contributed by atoms with van der Waals surface area (Å²) in [5.74, 6) is 1.08. The molecule has 36 heavy (non-hydrogen) atoms. The van der Waals surface area contributed by atoms with Crippen molar-refractivity contribution in [2.45, 2.75) is 44.6 Å². The van der Waals surface area contributed by atoms with Gasteiger partial charge in [-0.05, 0) is 49.2 Å². The summed E-state index contributed by atoms with van der Waals surface area (Å²) in [6, 6.07) is 14.3. The zero-order valence-electron chi connectivity index (χ0n) is 20.3. The van der Waals surface area contributed by atoms with Crippen LogP contribution in [0.3, 0.4) is 0 Å². The van der Waals surface area contributed by atoms with E-state index >= 15 is 0 Å². The second kappa shape index (κ2) is 12.3. The van der Waals surface area contributed by atoms with E-state index in [-0.39, 0.29) is 18.6 Å². The zero-order valence-corrected chi connectivity index (χ0v) is 21.0. The third-order valence-electron chi connectivity index (χ3n) is 6.21. The van der Waals surface area contributed by atoms with E-state index in [0.29, 0.717) is 42.5 Å². The lowest BCUT2D eigenvalue weighted by Gasteiger charge is -2.23. The first-order valence-corrected chi connectivity index (χ1v) is 12.5. The Morgan fingerprint density at radius 3 is 2.69 bits per heavy atom. The molecule has 2 aromatic rings. The molecular formula is C26H32ClN3O6. The van der Waals surface area contributed by atoms with Crippen molar-refractivity contribution >= 4 is 29.3 Å². The number of anilines is 1. The largest absolute Gasteiger partial charge is 0.489 e. The molecule has 2 N–H and O–H groups in total. The minimum Gasteiger partial charge on any atom is -0.489 e. The predicted octanol–water partition coefficient (Wildman–Crippen LogP) is 3.75. The molecule has 2 aliphatic rings. The number of likely N-dealkylation sites (tertiary alicyclic amines) is 2. The third-order valence-corrected chi connectivity index (χ3v) is 6.47. The maximum absolute atomic E-state index is 12.4. The minimum atomic E-state index is -0.720. The van der Waals surface area contributed by atoms with Gasteiger partial charge in [0, 0.05) is 44.5 Å². The molecule has 3 atom stereocenters. The Morgan fingerprint density at radius 2 is 1.92 bits per heavy atom. The van der Waals surface area contributed by atoms with E-state index in [4.69, 9.17) is 25.8 Å². The van der Waals surface area contributed by atoms with Gasteiger partial charge in [-0.1, -0.05) is 23.7 Å². The monoisotopic (exact) mass is 517 g/mol. The first kappa shape index (κ1) is 26.1. The molecule has 0 radical (unpaired) electrons. The van der Waals surface area contributed by atoms with Crippen LogP contribution in [0.25, 0.3) is 0 Å². The van der Waals surface area contributed by atoms with E-state index in [1.54, 1.807) is 41.3 Å². The Hall–Kier alpha value is -3.01. The van der Waals surface area contributed by atoms with E-state index in [0.717, 1.165) is 25.1 Å². The van der Waals surface area contributed by atoms with Crippen molar-refractivity contribution in [1.82, 2.24) is 9.80 Å². The standard InChI is InChI=1S/C26H32ClN3O6/c1-18(31)30-13-4-7-25(30)36-26(33)28-23-5-2-3-6-24(23)34-17-20(32)15-29-14-12-22(16-29)35-21-10-8-19(27)9-11-21/h2-3,5-6,8-11,20,22,25,32H,4,7,12-17H2,1H3,(H,28,33). The van der Waals surface area contributed by atoms with Crippen LogP contribution in [0, 0.1) is 0 Å². The summed E-state index contributed by atoms with van der Waals surface area (Å²) in [6.07, 6.45) is 0.377. The van der Waals surface area contributed by atoms with Gasteiger partial charge in [0.1, 0.15) is 30.3 Å². The molecule has 2 aromatic carbocycles. The van der Waals surface area contributed by atoms with Gasteiger partial charge in [0.2, 0.25) is 5.91 Å². The normalized spacial score (nSPS) is 20.7. The third kappa shape index (κ3) is 7.25. The van der Waals surface area contributed by atoms with Crippen molar-refractivity contribution in [2.75, 3.05) is 38.1 Å². The number of nitrogens with one attached hydrogen (secondary N) is 1. The molecule has 2 saturated heterocycles. The highest BCUT2D eigenvalue weighted by molar-refractivity contribution is 6.30. The number of β-amino-alcohol motifs (C(OH)–C–C–N with tert-alkyl or cyclic N) is 1. The van der Waals surface area contributed by atoms with Gasteiger partial charge in [0.05, 0.1) is 5.69 Å². The Balaban J connectivity index is 1.22. The lowest BCUT2D eigenvalue weighted by atomic mass is 10.3. The number of hydrogen-bond donors (Lipinski definition) is 2. The van der Waals surface area contributed by atoms with Crippen LogP contribution in [0.15, 0.2) is 48.5 Å². The van der Waals surface area contributed by atoms with Crippen LogP contribution in [0.1, 0.15) is 26.2 Å². The molecule has 0 aliphatic carbocycles. The maximum Gasteiger partial charge on any atom is 0.413 e. The molecule has 10 heteroatoms. The van der Waals surface area contributed by atoms with Crippen LogP contribution in [0.4, 0.5) is 10.5 Å². The topological polar surface area (TPSA) is 101 Å². The van der Waals surface area contributed by atoms with Crippen molar-refractivity contribution in [2.24, 2.45) is 0 Å². The second-order valence-corrected chi connectivity index (χ2v) is 9.48. The highest BCUT2D eigenvalue weighted by Crippen LogP contribution is 2.26.